The van der Waals surface area contributed by atoms with E-state index in [0.717, 1.165) is 28.3 Å². The van der Waals surface area contributed by atoms with E-state index in [4.69, 9.17) is 9.72 Å². The summed E-state index contributed by atoms with van der Waals surface area (Å²) in [5, 5.41) is 0. The second kappa shape index (κ2) is 6.61. The molecule has 1 heterocycles. The summed E-state index contributed by atoms with van der Waals surface area (Å²) in [5.41, 5.74) is 4.99. The Bertz CT molecular complexity index is 812. The Balaban J connectivity index is 1.97. The summed E-state index contributed by atoms with van der Waals surface area (Å²) in [6, 6.07) is 18.6. The van der Waals surface area contributed by atoms with Crippen molar-refractivity contribution in [3.05, 3.63) is 83.3 Å². The number of benzene rings is 2. The van der Waals surface area contributed by atoms with Crippen molar-refractivity contribution in [1.29, 1.82) is 0 Å². The molecule has 0 aliphatic heterocycles. The monoisotopic (exact) mass is 307 g/mol. The van der Waals surface area contributed by atoms with Gasteiger partial charge in [-0.1, -0.05) is 35.9 Å². The van der Waals surface area contributed by atoms with Gasteiger partial charge in [0.15, 0.2) is 0 Å². The van der Waals surface area contributed by atoms with Crippen molar-refractivity contribution >= 4 is 0 Å². The van der Waals surface area contributed by atoms with Crippen LogP contribution in [0.5, 0.6) is 5.75 Å². The Labute approximate surface area is 135 Å². The molecule has 0 amide bonds. The van der Waals surface area contributed by atoms with Gasteiger partial charge < -0.3 is 4.74 Å². The smallest absolute Gasteiger partial charge is 0.145 e. The van der Waals surface area contributed by atoms with Crippen molar-refractivity contribution < 1.29 is 9.13 Å². The van der Waals surface area contributed by atoms with Crippen molar-refractivity contribution in [3.63, 3.8) is 0 Å². The second-order valence-electron chi connectivity index (χ2n) is 5.53. The molecule has 0 saturated carbocycles. The van der Waals surface area contributed by atoms with E-state index < -0.39 is 0 Å². The molecule has 23 heavy (non-hydrogen) atoms. The van der Waals surface area contributed by atoms with E-state index in [0.29, 0.717) is 6.42 Å². The minimum Gasteiger partial charge on any atom is -0.494 e. The minimum atomic E-state index is -0.225. The van der Waals surface area contributed by atoms with Crippen LogP contribution in [0.1, 0.15) is 16.8 Å². The SMILES string of the molecule is COc1ccc(Cc2ccc(F)cc2)nc1-c1cccc(C)c1. The predicted molar refractivity (Wildman–Crippen MR) is 90.2 cm³/mol. The maximum atomic E-state index is 13.0. The number of aromatic nitrogens is 1. The highest BCUT2D eigenvalue weighted by atomic mass is 19.1. The Kier molecular flexibility index (Phi) is 4.38. The van der Waals surface area contributed by atoms with Gasteiger partial charge in [0.25, 0.3) is 0 Å². The van der Waals surface area contributed by atoms with Crippen LogP contribution in [-0.4, -0.2) is 12.1 Å². The van der Waals surface area contributed by atoms with Gasteiger partial charge in [-0.3, -0.25) is 0 Å². The normalized spacial score (nSPS) is 10.6. The summed E-state index contributed by atoms with van der Waals surface area (Å²) in [6.45, 7) is 2.05. The van der Waals surface area contributed by atoms with E-state index in [9.17, 15) is 4.39 Å². The molecule has 2 aromatic carbocycles. The van der Waals surface area contributed by atoms with Gasteiger partial charge >= 0.3 is 0 Å². The zero-order valence-electron chi connectivity index (χ0n) is 13.2. The summed E-state index contributed by atoms with van der Waals surface area (Å²) in [4.78, 5) is 4.75. The average molecular weight is 307 g/mol. The van der Waals surface area contributed by atoms with Crippen LogP contribution in [0.2, 0.25) is 0 Å². The average Bonchev–Trinajstić information content (AvgIpc) is 2.57. The maximum absolute atomic E-state index is 13.0. The van der Waals surface area contributed by atoms with Crippen LogP contribution in [0.25, 0.3) is 11.3 Å². The van der Waals surface area contributed by atoms with Crippen molar-refractivity contribution in [2.75, 3.05) is 7.11 Å². The fourth-order valence-corrected chi connectivity index (χ4v) is 2.56. The summed E-state index contributed by atoms with van der Waals surface area (Å²) < 4.78 is 18.5. The Morgan fingerprint density at radius 2 is 1.78 bits per heavy atom. The fourth-order valence-electron chi connectivity index (χ4n) is 2.56. The first-order valence-corrected chi connectivity index (χ1v) is 7.51. The number of rotatable bonds is 4. The van der Waals surface area contributed by atoms with E-state index in [1.54, 1.807) is 19.2 Å². The number of halogens is 1. The summed E-state index contributed by atoms with van der Waals surface area (Å²) >= 11 is 0. The van der Waals surface area contributed by atoms with Crippen LogP contribution in [0.15, 0.2) is 60.7 Å². The first-order chi connectivity index (χ1) is 11.2. The van der Waals surface area contributed by atoms with Gasteiger partial charge in [-0.25, -0.2) is 9.37 Å². The molecular formula is C20H18FNO. The van der Waals surface area contributed by atoms with E-state index in [2.05, 4.69) is 19.1 Å². The highest BCUT2D eigenvalue weighted by Gasteiger charge is 2.10. The molecule has 0 N–H and O–H groups in total. The summed E-state index contributed by atoms with van der Waals surface area (Å²) in [6.07, 6.45) is 0.656. The van der Waals surface area contributed by atoms with Crippen molar-refractivity contribution in [2.45, 2.75) is 13.3 Å². The molecule has 0 radical (unpaired) electrons. The quantitative estimate of drug-likeness (QED) is 0.691. The zero-order valence-corrected chi connectivity index (χ0v) is 13.2. The largest absolute Gasteiger partial charge is 0.494 e. The van der Waals surface area contributed by atoms with Gasteiger partial charge in [-0.05, 0) is 42.8 Å². The topological polar surface area (TPSA) is 22.1 Å². The molecule has 0 bridgehead atoms. The lowest BCUT2D eigenvalue weighted by molar-refractivity contribution is 0.414. The van der Waals surface area contributed by atoms with E-state index in [-0.39, 0.29) is 5.82 Å². The Hall–Kier alpha value is -2.68. The van der Waals surface area contributed by atoms with E-state index in [1.807, 2.05) is 24.3 Å². The third-order valence-electron chi connectivity index (χ3n) is 3.73. The molecule has 0 unspecified atom stereocenters. The van der Waals surface area contributed by atoms with Crippen LogP contribution in [0.4, 0.5) is 4.39 Å². The van der Waals surface area contributed by atoms with Gasteiger partial charge in [-0.2, -0.15) is 0 Å². The lowest BCUT2D eigenvalue weighted by Gasteiger charge is -2.11. The third kappa shape index (κ3) is 3.57. The number of hydrogen-bond acceptors (Lipinski definition) is 2. The lowest BCUT2D eigenvalue weighted by atomic mass is 10.1. The Morgan fingerprint density at radius 3 is 2.48 bits per heavy atom. The minimum absolute atomic E-state index is 0.225. The molecule has 0 saturated heterocycles. The third-order valence-corrected chi connectivity index (χ3v) is 3.73. The molecule has 116 valence electrons. The van der Waals surface area contributed by atoms with Crippen molar-refractivity contribution in [2.24, 2.45) is 0 Å². The molecule has 3 heteroatoms. The number of methoxy groups -OCH3 is 1. The lowest BCUT2D eigenvalue weighted by Crippen LogP contribution is -1.98. The van der Waals surface area contributed by atoms with Crippen LogP contribution in [0.3, 0.4) is 0 Å². The second-order valence-corrected chi connectivity index (χ2v) is 5.53. The van der Waals surface area contributed by atoms with Gasteiger partial charge in [0, 0.05) is 17.7 Å². The summed E-state index contributed by atoms with van der Waals surface area (Å²) in [7, 11) is 1.65. The molecule has 0 spiro atoms. The molecule has 1 aromatic heterocycles. The van der Waals surface area contributed by atoms with Crippen LogP contribution < -0.4 is 4.74 Å². The zero-order chi connectivity index (χ0) is 16.2. The predicted octanol–water partition coefficient (Wildman–Crippen LogP) is 4.80. The fraction of sp³-hybridized carbons (Fsp3) is 0.150. The molecule has 0 aliphatic carbocycles. The number of aryl methyl sites for hydroxylation is 1. The van der Waals surface area contributed by atoms with Gasteiger partial charge in [-0.15, -0.1) is 0 Å². The van der Waals surface area contributed by atoms with Crippen molar-refractivity contribution in [1.82, 2.24) is 4.98 Å². The number of nitrogens with zero attached hydrogens (tertiary/aromatic N) is 1. The Morgan fingerprint density at radius 1 is 1.00 bits per heavy atom. The van der Waals surface area contributed by atoms with Crippen LogP contribution in [-0.2, 0) is 6.42 Å². The van der Waals surface area contributed by atoms with Crippen molar-refractivity contribution in [3.8, 4) is 17.0 Å². The molecule has 0 atom stereocenters. The molecule has 0 fully saturated rings. The number of pyridine rings is 1. The van der Waals surface area contributed by atoms with Gasteiger partial charge in [0.05, 0.1) is 7.11 Å². The van der Waals surface area contributed by atoms with E-state index in [1.165, 1.54) is 17.7 Å². The van der Waals surface area contributed by atoms with Gasteiger partial charge in [0.2, 0.25) is 0 Å². The highest BCUT2D eigenvalue weighted by molar-refractivity contribution is 5.67. The van der Waals surface area contributed by atoms with Crippen LogP contribution in [0, 0.1) is 12.7 Å². The molecule has 3 rings (SSSR count). The first kappa shape index (κ1) is 15.2. The molecule has 3 aromatic rings. The standard InChI is InChI=1S/C20H18FNO/c1-14-4-3-5-16(12-14)20-19(23-2)11-10-18(22-20)13-15-6-8-17(21)9-7-15/h3-12H,13H2,1-2H3. The number of hydrogen-bond donors (Lipinski definition) is 0. The summed E-state index contributed by atoms with van der Waals surface area (Å²) in [5.74, 6) is 0.523. The highest BCUT2D eigenvalue weighted by Crippen LogP contribution is 2.29. The van der Waals surface area contributed by atoms with Gasteiger partial charge in [0.1, 0.15) is 17.3 Å². The van der Waals surface area contributed by atoms with Crippen LogP contribution >= 0.6 is 0 Å². The molecular weight excluding hydrogens is 289 g/mol. The first-order valence-electron chi connectivity index (χ1n) is 7.51. The molecule has 2 nitrogen and oxygen atoms in total. The number of ether oxygens (including phenoxy) is 1. The van der Waals surface area contributed by atoms with E-state index >= 15 is 0 Å². The maximum Gasteiger partial charge on any atom is 0.145 e. The molecule has 0 aliphatic rings.